The van der Waals surface area contributed by atoms with Gasteiger partial charge in [0.15, 0.2) is 5.82 Å². The summed E-state index contributed by atoms with van der Waals surface area (Å²) >= 11 is 0. The Hall–Kier alpha value is -2.28. The lowest BCUT2D eigenvalue weighted by Gasteiger charge is -2.39. The molecule has 2 aliphatic rings. The third-order valence-corrected chi connectivity index (χ3v) is 4.77. The van der Waals surface area contributed by atoms with Gasteiger partial charge in [-0.05, 0) is 38.8 Å². The van der Waals surface area contributed by atoms with Gasteiger partial charge in [0.2, 0.25) is 5.89 Å². The van der Waals surface area contributed by atoms with E-state index in [0.29, 0.717) is 30.6 Å². The van der Waals surface area contributed by atoms with Crippen LogP contribution in [0.1, 0.15) is 46.7 Å². The third kappa shape index (κ3) is 2.69. The van der Waals surface area contributed by atoms with Gasteiger partial charge in [-0.2, -0.15) is 4.98 Å². The number of aryl methyl sites for hydroxylation is 2. The molecular formula is C17H20N4O3. The van der Waals surface area contributed by atoms with E-state index >= 15 is 0 Å². The first-order valence-electron chi connectivity index (χ1n) is 8.28. The lowest BCUT2D eigenvalue weighted by Crippen LogP contribution is -2.51. The molecule has 2 aliphatic heterocycles. The molecule has 4 rings (SSSR count). The van der Waals surface area contributed by atoms with Crippen LogP contribution in [0.5, 0.6) is 0 Å². The number of fused-ring (bicyclic) bond motifs is 1. The Morgan fingerprint density at radius 1 is 1.29 bits per heavy atom. The quantitative estimate of drug-likeness (QED) is 0.837. The molecule has 2 fully saturated rings. The first kappa shape index (κ1) is 15.3. The molecule has 4 heterocycles. The number of nitrogens with zero attached hydrogens (tertiary/aromatic N) is 4. The molecule has 24 heavy (non-hydrogen) atoms. The number of pyridine rings is 1. The molecule has 0 aliphatic carbocycles. The number of piperidine rings is 1. The Morgan fingerprint density at radius 2 is 2.17 bits per heavy atom. The van der Waals surface area contributed by atoms with Gasteiger partial charge in [0.25, 0.3) is 5.91 Å². The Kier molecular flexibility index (Phi) is 3.80. The van der Waals surface area contributed by atoms with E-state index in [-0.39, 0.29) is 24.0 Å². The van der Waals surface area contributed by atoms with Gasteiger partial charge in [-0.15, -0.1) is 0 Å². The summed E-state index contributed by atoms with van der Waals surface area (Å²) in [5.41, 5.74) is 1.31. The number of ether oxygens (including phenoxy) is 1. The average molecular weight is 328 g/mol. The number of carbonyl (C=O) groups is 1. The van der Waals surface area contributed by atoms with Gasteiger partial charge in [0, 0.05) is 18.8 Å². The van der Waals surface area contributed by atoms with Crippen molar-refractivity contribution in [3.8, 4) is 0 Å². The highest BCUT2D eigenvalue weighted by atomic mass is 16.5. The topological polar surface area (TPSA) is 81.4 Å². The highest BCUT2D eigenvalue weighted by Crippen LogP contribution is 2.36. The summed E-state index contributed by atoms with van der Waals surface area (Å²) in [6.07, 6.45) is 1.68. The third-order valence-electron chi connectivity index (χ3n) is 4.77. The summed E-state index contributed by atoms with van der Waals surface area (Å²) < 4.78 is 11.2. The maximum absolute atomic E-state index is 13.0. The maximum Gasteiger partial charge on any atom is 0.272 e. The van der Waals surface area contributed by atoms with E-state index in [2.05, 4.69) is 15.1 Å². The fourth-order valence-corrected chi connectivity index (χ4v) is 3.65. The second kappa shape index (κ2) is 5.98. The number of hydrogen-bond donors (Lipinski definition) is 0. The van der Waals surface area contributed by atoms with Crippen LogP contribution in [0.15, 0.2) is 22.7 Å². The van der Waals surface area contributed by atoms with Crippen LogP contribution >= 0.6 is 0 Å². The van der Waals surface area contributed by atoms with Crippen molar-refractivity contribution in [3.63, 3.8) is 0 Å². The molecule has 0 unspecified atom stereocenters. The first-order valence-corrected chi connectivity index (χ1v) is 8.28. The average Bonchev–Trinajstić information content (AvgIpc) is 3.21. The second-order valence-electron chi connectivity index (χ2n) is 6.50. The summed E-state index contributed by atoms with van der Waals surface area (Å²) in [4.78, 5) is 23.6. The fraction of sp³-hybridized carbons (Fsp3) is 0.529. The van der Waals surface area contributed by atoms with Gasteiger partial charge in [0.05, 0.1) is 18.1 Å². The summed E-state index contributed by atoms with van der Waals surface area (Å²) in [5, 5.41) is 3.87. The highest BCUT2D eigenvalue weighted by Gasteiger charge is 2.44. The predicted molar refractivity (Wildman–Crippen MR) is 84.5 cm³/mol. The Bertz CT molecular complexity index is 760. The molecule has 3 atom stereocenters. The largest absolute Gasteiger partial charge is 0.376 e. The zero-order chi connectivity index (χ0) is 16.7. The molecule has 2 aromatic heterocycles. The first-order chi connectivity index (χ1) is 11.6. The normalized spacial score (nSPS) is 26.4. The van der Waals surface area contributed by atoms with Gasteiger partial charge in [0.1, 0.15) is 5.69 Å². The van der Waals surface area contributed by atoms with Gasteiger partial charge in [-0.25, -0.2) is 4.98 Å². The van der Waals surface area contributed by atoms with Crippen molar-refractivity contribution < 1.29 is 14.1 Å². The maximum atomic E-state index is 13.0. The van der Waals surface area contributed by atoms with E-state index in [1.165, 1.54) is 0 Å². The zero-order valence-electron chi connectivity index (χ0n) is 13.8. The number of likely N-dealkylation sites (tertiary alicyclic amines) is 1. The second-order valence-corrected chi connectivity index (χ2v) is 6.50. The molecule has 0 aromatic carbocycles. The van der Waals surface area contributed by atoms with E-state index in [1.807, 2.05) is 24.0 Å². The highest BCUT2D eigenvalue weighted by molar-refractivity contribution is 5.92. The monoisotopic (exact) mass is 328 g/mol. The van der Waals surface area contributed by atoms with Gasteiger partial charge >= 0.3 is 0 Å². The van der Waals surface area contributed by atoms with Crippen LogP contribution in [-0.2, 0) is 4.74 Å². The van der Waals surface area contributed by atoms with Crippen molar-refractivity contribution in [2.24, 2.45) is 0 Å². The van der Waals surface area contributed by atoms with Crippen LogP contribution in [0.2, 0.25) is 0 Å². The standard InChI is InChI=1S/C17H20N4O3/c1-10-4-3-5-13(18-10)17(22)21-9-12(16-19-11(2)20-24-16)8-15-14(21)6-7-23-15/h3-5,12,14-15H,6-9H2,1-2H3/t12-,14+,15+/m1/s1. The summed E-state index contributed by atoms with van der Waals surface area (Å²) in [6, 6.07) is 5.61. The Labute approximate surface area is 140 Å². The molecule has 2 aromatic rings. The minimum absolute atomic E-state index is 0.000640. The van der Waals surface area contributed by atoms with Crippen LogP contribution < -0.4 is 0 Å². The van der Waals surface area contributed by atoms with Gasteiger partial charge in [-0.3, -0.25) is 4.79 Å². The molecule has 2 saturated heterocycles. The van der Waals surface area contributed by atoms with Crippen LogP contribution in [0.3, 0.4) is 0 Å². The molecule has 1 amide bonds. The number of carbonyl (C=O) groups excluding carboxylic acids is 1. The van der Waals surface area contributed by atoms with Crippen molar-refractivity contribution in [2.45, 2.75) is 44.8 Å². The van der Waals surface area contributed by atoms with E-state index in [4.69, 9.17) is 9.26 Å². The van der Waals surface area contributed by atoms with Crippen LogP contribution in [0, 0.1) is 13.8 Å². The summed E-state index contributed by atoms with van der Waals surface area (Å²) in [5.74, 6) is 1.13. The van der Waals surface area contributed by atoms with Gasteiger partial charge < -0.3 is 14.2 Å². The lowest BCUT2D eigenvalue weighted by molar-refractivity contribution is 0.0121. The Morgan fingerprint density at radius 3 is 2.92 bits per heavy atom. The number of amides is 1. The van der Waals surface area contributed by atoms with Gasteiger partial charge in [-0.1, -0.05) is 11.2 Å². The molecule has 0 N–H and O–H groups in total. The smallest absolute Gasteiger partial charge is 0.272 e. The molecule has 0 spiro atoms. The summed E-state index contributed by atoms with van der Waals surface area (Å²) in [7, 11) is 0. The van der Waals surface area contributed by atoms with Crippen LogP contribution in [-0.4, -0.2) is 51.2 Å². The SMILES string of the molecule is Cc1cccc(C(=O)N2C[C@H](c3nc(C)no3)C[C@@H]3OCC[C@@H]32)n1. The lowest BCUT2D eigenvalue weighted by atomic mass is 9.89. The molecular weight excluding hydrogens is 308 g/mol. The molecule has 0 saturated carbocycles. The fourth-order valence-electron chi connectivity index (χ4n) is 3.65. The number of rotatable bonds is 2. The molecule has 126 valence electrons. The van der Waals surface area contributed by atoms with E-state index < -0.39 is 0 Å². The van der Waals surface area contributed by atoms with Crippen molar-refractivity contribution in [2.75, 3.05) is 13.2 Å². The molecule has 0 bridgehead atoms. The zero-order valence-corrected chi connectivity index (χ0v) is 13.8. The summed E-state index contributed by atoms with van der Waals surface area (Å²) in [6.45, 7) is 4.92. The molecule has 7 heteroatoms. The molecule has 7 nitrogen and oxygen atoms in total. The van der Waals surface area contributed by atoms with Crippen molar-refractivity contribution >= 4 is 5.91 Å². The van der Waals surface area contributed by atoms with Crippen LogP contribution in [0.4, 0.5) is 0 Å². The van der Waals surface area contributed by atoms with E-state index in [0.717, 1.165) is 18.5 Å². The van der Waals surface area contributed by atoms with E-state index in [9.17, 15) is 4.79 Å². The molecule has 0 radical (unpaired) electrons. The van der Waals surface area contributed by atoms with Crippen LogP contribution in [0.25, 0.3) is 0 Å². The van der Waals surface area contributed by atoms with Crippen molar-refractivity contribution in [1.82, 2.24) is 20.0 Å². The Balaban J connectivity index is 1.63. The predicted octanol–water partition coefficient (Wildman–Crippen LogP) is 1.87. The van der Waals surface area contributed by atoms with E-state index in [1.54, 1.807) is 13.0 Å². The minimum atomic E-state index is -0.0554. The van der Waals surface area contributed by atoms with Crippen molar-refractivity contribution in [1.29, 1.82) is 0 Å². The van der Waals surface area contributed by atoms with Crippen molar-refractivity contribution in [3.05, 3.63) is 41.3 Å². The number of hydrogen-bond acceptors (Lipinski definition) is 6. The number of aromatic nitrogens is 3. The minimum Gasteiger partial charge on any atom is -0.376 e.